The van der Waals surface area contributed by atoms with Gasteiger partial charge in [-0.3, -0.25) is 14.8 Å². The average Bonchev–Trinajstić information content (AvgIpc) is 3.36. The smallest absolute Gasteiger partial charge is 0.330 e. The van der Waals surface area contributed by atoms with Gasteiger partial charge in [0.2, 0.25) is 0 Å². The van der Waals surface area contributed by atoms with Gasteiger partial charge in [-0.15, -0.1) is 11.3 Å². The van der Waals surface area contributed by atoms with Gasteiger partial charge in [-0.1, -0.05) is 0 Å². The summed E-state index contributed by atoms with van der Waals surface area (Å²) < 4.78 is 39.1. The van der Waals surface area contributed by atoms with Crippen molar-refractivity contribution in [2.24, 2.45) is 5.92 Å². The van der Waals surface area contributed by atoms with Crippen LogP contribution in [0.25, 0.3) is 10.4 Å². The number of aryl methyl sites for hydroxylation is 1. The van der Waals surface area contributed by atoms with Crippen LogP contribution in [-0.2, 0) is 9.63 Å². The minimum absolute atomic E-state index is 0.162. The first kappa shape index (κ1) is 20.3. The van der Waals surface area contributed by atoms with Gasteiger partial charge in [0, 0.05) is 16.1 Å². The van der Waals surface area contributed by atoms with Crippen LogP contribution in [0.15, 0.2) is 12.3 Å². The first-order valence-corrected chi connectivity index (χ1v) is 10.8. The van der Waals surface area contributed by atoms with E-state index in [1.54, 1.807) is 19.2 Å². The molecular formula is C19H20F3N5O3S. The largest absolute Gasteiger partial charge is 0.493 e. The van der Waals surface area contributed by atoms with Crippen molar-refractivity contribution in [1.29, 1.82) is 0 Å². The van der Waals surface area contributed by atoms with Gasteiger partial charge in [-0.25, -0.2) is 4.79 Å². The second kappa shape index (κ2) is 7.23. The average molecular weight is 455 g/mol. The summed E-state index contributed by atoms with van der Waals surface area (Å²) in [5.74, 6) is -2.26. The molecule has 3 saturated heterocycles. The number of alkyl halides is 3. The molecule has 1 unspecified atom stereocenters. The van der Waals surface area contributed by atoms with Crippen LogP contribution in [0, 0.1) is 12.8 Å². The Morgan fingerprint density at radius 2 is 2.06 bits per heavy atom. The van der Waals surface area contributed by atoms with E-state index in [0.717, 1.165) is 60.0 Å². The van der Waals surface area contributed by atoms with Crippen LogP contribution in [0.1, 0.15) is 34.6 Å². The lowest BCUT2D eigenvalue weighted by Gasteiger charge is -2.51. The number of H-pyrrole nitrogens is 1. The number of amides is 1. The first-order valence-electron chi connectivity index (χ1n) is 10.00. The summed E-state index contributed by atoms with van der Waals surface area (Å²) >= 11 is 1.12. The minimum atomic E-state index is -5.15. The fourth-order valence-corrected chi connectivity index (χ4v) is 5.80. The summed E-state index contributed by atoms with van der Waals surface area (Å²) in [5, 5.41) is 10.5. The molecule has 6 heterocycles. The highest BCUT2D eigenvalue weighted by Gasteiger charge is 2.49. The number of halogens is 3. The number of nitrogens with zero attached hydrogens (tertiary/aromatic N) is 3. The lowest BCUT2D eigenvalue weighted by atomic mass is 9.82. The van der Waals surface area contributed by atoms with Crippen molar-refractivity contribution in [2.75, 3.05) is 18.2 Å². The van der Waals surface area contributed by atoms with Crippen molar-refractivity contribution < 1.29 is 27.6 Å². The SMILES string of the molecule is Cc1[nH]ncc1-c1cc2c(s1)C(=O)NC([C@@H]1CC3CCN1CC3)N2OC(=O)C(F)(F)F. The Morgan fingerprint density at radius 3 is 2.65 bits per heavy atom. The van der Waals surface area contributed by atoms with E-state index in [-0.39, 0.29) is 22.5 Å². The van der Waals surface area contributed by atoms with E-state index in [0.29, 0.717) is 10.8 Å². The molecule has 2 aromatic heterocycles. The quantitative estimate of drug-likeness (QED) is 0.740. The molecule has 2 aromatic rings. The number of fused-ring (bicyclic) bond motifs is 4. The van der Waals surface area contributed by atoms with Crippen LogP contribution in [0.4, 0.5) is 18.9 Å². The predicted octanol–water partition coefficient (Wildman–Crippen LogP) is 2.83. The number of anilines is 1. The van der Waals surface area contributed by atoms with E-state index in [2.05, 4.69) is 20.4 Å². The third-order valence-corrected chi connectivity index (χ3v) is 7.41. The number of hydrogen-bond acceptors (Lipinski definition) is 7. The third kappa shape index (κ3) is 3.47. The van der Waals surface area contributed by atoms with E-state index in [1.165, 1.54) is 0 Å². The molecule has 0 radical (unpaired) electrons. The van der Waals surface area contributed by atoms with E-state index in [1.807, 2.05) is 0 Å². The molecule has 2 bridgehead atoms. The summed E-state index contributed by atoms with van der Waals surface area (Å²) in [6.45, 7) is 3.41. The standard InChI is InChI=1S/C19H20F3N5O3S/c1-9-11(8-23-25-9)14-7-12-15(31-14)17(28)24-16(27(12)30-18(29)19(20,21)22)13-6-10-2-4-26(13)5-3-10/h7-8,10,13,16H,2-6H2,1H3,(H,23,25)(H,24,28)/t13-,16?/m0/s1. The molecule has 2 N–H and O–H groups in total. The molecule has 1 amide bonds. The van der Waals surface area contributed by atoms with Crippen LogP contribution in [0.5, 0.6) is 0 Å². The maximum absolute atomic E-state index is 13.0. The maximum Gasteiger partial charge on any atom is 0.493 e. The molecule has 6 rings (SSSR count). The molecule has 2 atom stereocenters. The van der Waals surface area contributed by atoms with Crippen LogP contribution in [0.2, 0.25) is 0 Å². The highest BCUT2D eigenvalue weighted by atomic mass is 32.1. The van der Waals surface area contributed by atoms with Crippen LogP contribution >= 0.6 is 11.3 Å². The second-order valence-corrected chi connectivity index (χ2v) is 9.19. The summed E-state index contributed by atoms with van der Waals surface area (Å²) in [4.78, 5) is 32.5. The number of carbonyl (C=O) groups is 2. The molecule has 0 aromatic carbocycles. The fraction of sp³-hybridized carbons (Fsp3) is 0.526. The number of aromatic nitrogens is 2. The zero-order valence-corrected chi connectivity index (χ0v) is 17.3. The molecule has 4 aliphatic rings. The van der Waals surface area contributed by atoms with Crippen molar-refractivity contribution in [3.8, 4) is 10.4 Å². The van der Waals surface area contributed by atoms with Gasteiger partial charge in [0.15, 0.2) is 6.17 Å². The van der Waals surface area contributed by atoms with Gasteiger partial charge in [0.1, 0.15) is 10.6 Å². The Morgan fingerprint density at radius 1 is 1.32 bits per heavy atom. The number of thiophene rings is 1. The monoisotopic (exact) mass is 455 g/mol. The van der Waals surface area contributed by atoms with Crippen LogP contribution in [-0.4, -0.2) is 58.4 Å². The maximum atomic E-state index is 13.0. The van der Waals surface area contributed by atoms with Crippen LogP contribution < -0.4 is 10.4 Å². The molecule has 12 heteroatoms. The normalized spacial score (nSPS) is 27.7. The predicted molar refractivity (Wildman–Crippen MR) is 105 cm³/mol. The summed E-state index contributed by atoms with van der Waals surface area (Å²) in [6.07, 6.45) is -1.71. The number of rotatable bonds is 3. The van der Waals surface area contributed by atoms with Crippen molar-refractivity contribution in [2.45, 2.75) is 44.6 Å². The van der Waals surface area contributed by atoms with Gasteiger partial charge in [0.05, 0.1) is 12.2 Å². The zero-order valence-electron chi connectivity index (χ0n) is 16.5. The summed E-state index contributed by atoms with van der Waals surface area (Å²) in [5.41, 5.74) is 1.64. The van der Waals surface area contributed by atoms with Gasteiger partial charge in [-0.2, -0.15) is 23.3 Å². The Bertz CT molecular complexity index is 1030. The molecule has 166 valence electrons. The lowest BCUT2D eigenvalue weighted by molar-refractivity contribution is -0.203. The number of piperidine rings is 3. The Labute approximate surface area is 179 Å². The highest BCUT2D eigenvalue weighted by Crippen LogP contribution is 2.43. The Balaban J connectivity index is 1.55. The second-order valence-electron chi connectivity index (χ2n) is 8.14. The van der Waals surface area contributed by atoms with Crippen molar-refractivity contribution in [3.63, 3.8) is 0 Å². The third-order valence-electron chi connectivity index (χ3n) is 6.25. The number of nitrogens with one attached hydrogen (secondary N) is 2. The topological polar surface area (TPSA) is 90.6 Å². The van der Waals surface area contributed by atoms with Crippen molar-refractivity contribution in [1.82, 2.24) is 20.4 Å². The fourth-order valence-electron chi connectivity index (χ4n) is 4.69. The molecule has 0 aliphatic carbocycles. The lowest BCUT2D eigenvalue weighted by Crippen LogP contribution is -2.66. The molecule has 3 fully saturated rings. The summed E-state index contributed by atoms with van der Waals surface area (Å²) in [6, 6.07) is 1.34. The minimum Gasteiger partial charge on any atom is -0.330 e. The van der Waals surface area contributed by atoms with Gasteiger partial charge >= 0.3 is 12.1 Å². The number of hydrogen-bond donors (Lipinski definition) is 2. The highest BCUT2D eigenvalue weighted by molar-refractivity contribution is 7.18. The molecule has 0 spiro atoms. The number of hydroxylamine groups is 1. The van der Waals surface area contributed by atoms with Crippen molar-refractivity contribution in [3.05, 3.63) is 22.8 Å². The van der Waals surface area contributed by atoms with Gasteiger partial charge < -0.3 is 10.2 Å². The number of aromatic amines is 1. The zero-order chi connectivity index (χ0) is 21.9. The van der Waals surface area contributed by atoms with E-state index >= 15 is 0 Å². The molecular weight excluding hydrogens is 435 g/mol. The van der Waals surface area contributed by atoms with Gasteiger partial charge in [0.25, 0.3) is 5.91 Å². The molecule has 4 aliphatic heterocycles. The molecule has 31 heavy (non-hydrogen) atoms. The summed E-state index contributed by atoms with van der Waals surface area (Å²) in [7, 11) is 0. The van der Waals surface area contributed by atoms with E-state index in [9.17, 15) is 22.8 Å². The Hall–Kier alpha value is -2.60. The Kier molecular flexibility index (Phi) is 4.74. The first-order chi connectivity index (χ1) is 14.7. The van der Waals surface area contributed by atoms with E-state index in [4.69, 9.17) is 4.84 Å². The molecule has 8 nitrogen and oxygen atoms in total. The van der Waals surface area contributed by atoms with Gasteiger partial charge in [-0.05, 0) is 51.3 Å². The number of carbonyl (C=O) groups excluding carboxylic acids is 2. The van der Waals surface area contributed by atoms with Crippen LogP contribution in [0.3, 0.4) is 0 Å². The van der Waals surface area contributed by atoms with E-state index < -0.39 is 18.3 Å². The molecule has 0 saturated carbocycles. The van der Waals surface area contributed by atoms with Crippen molar-refractivity contribution >= 4 is 28.9 Å².